The van der Waals surface area contributed by atoms with Gasteiger partial charge in [0.15, 0.2) is 5.82 Å². The molecule has 2 fully saturated rings. The molecular weight excluding hydrogens is 371 g/mol. The smallest absolute Gasteiger partial charge is 0.152 e. The molecule has 2 saturated carbocycles. The quantitative estimate of drug-likeness (QED) is 0.580. The summed E-state index contributed by atoms with van der Waals surface area (Å²) >= 11 is 0. The number of fused-ring (bicyclic) bond motifs is 2. The minimum atomic E-state index is -0.885. The van der Waals surface area contributed by atoms with E-state index >= 15 is 0 Å². The summed E-state index contributed by atoms with van der Waals surface area (Å²) in [5.41, 5.74) is 6.13. The molecule has 2 aliphatic carbocycles. The molecule has 0 radical (unpaired) electrons. The van der Waals surface area contributed by atoms with Gasteiger partial charge < -0.3 is 20.5 Å². The molecule has 4 N–H and O–H groups in total. The number of aliphatic hydroxyl groups excluding tert-OH is 2. The lowest BCUT2D eigenvalue weighted by Crippen LogP contribution is -2.34. The van der Waals surface area contributed by atoms with Crippen molar-refractivity contribution in [2.75, 3.05) is 5.73 Å². The van der Waals surface area contributed by atoms with Crippen LogP contribution < -0.4 is 5.73 Å². The van der Waals surface area contributed by atoms with Gasteiger partial charge >= 0.3 is 0 Å². The van der Waals surface area contributed by atoms with Gasteiger partial charge in [-0.1, -0.05) is 12.1 Å². The van der Waals surface area contributed by atoms with Crippen LogP contribution in [0.25, 0.3) is 10.9 Å². The van der Waals surface area contributed by atoms with E-state index in [9.17, 15) is 14.6 Å². The van der Waals surface area contributed by atoms with E-state index in [1.54, 1.807) is 18.2 Å². The van der Waals surface area contributed by atoms with Crippen LogP contribution in [0.3, 0.4) is 0 Å². The molecular formula is C22H23FN4O2. The van der Waals surface area contributed by atoms with Crippen molar-refractivity contribution < 1.29 is 14.6 Å². The van der Waals surface area contributed by atoms with Crippen molar-refractivity contribution in [3.8, 4) is 0 Å². The van der Waals surface area contributed by atoms with Crippen molar-refractivity contribution in [1.29, 1.82) is 0 Å². The highest BCUT2D eigenvalue weighted by Gasteiger charge is 2.70. The molecule has 0 aliphatic heterocycles. The fourth-order valence-corrected chi connectivity index (χ4v) is 5.25. The topological polar surface area (TPSA) is 96.7 Å². The van der Waals surface area contributed by atoms with Crippen molar-refractivity contribution in [3.05, 3.63) is 54.0 Å². The molecule has 1 aromatic carbocycles. The molecule has 29 heavy (non-hydrogen) atoms. The molecule has 3 aromatic rings. The summed E-state index contributed by atoms with van der Waals surface area (Å²) in [5.74, 6) is 0.715. The minimum Gasteiger partial charge on any atom is -0.390 e. The lowest BCUT2D eigenvalue weighted by Gasteiger charge is -2.25. The second-order valence-corrected chi connectivity index (χ2v) is 8.25. The van der Waals surface area contributed by atoms with Crippen LogP contribution in [0.1, 0.15) is 24.4 Å². The van der Waals surface area contributed by atoms with Crippen LogP contribution >= 0.6 is 0 Å². The molecule has 5 rings (SSSR count). The predicted molar refractivity (Wildman–Crippen MR) is 110 cm³/mol. The van der Waals surface area contributed by atoms with E-state index < -0.39 is 17.6 Å². The number of aliphatic imine (C=N–C) groups is 1. The van der Waals surface area contributed by atoms with E-state index in [-0.39, 0.29) is 29.1 Å². The third-order valence-corrected chi connectivity index (χ3v) is 6.85. The van der Waals surface area contributed by atoms with Gasteiger partial charge in [0.1, 0.15) is 23.3 Å². The third-order valence-electron chi connectivity index (χ3n) is 6.85. The normalized spacial score (nSPS) is 30.4. The lowest BCUT2D eigenvalue weighted by atomic mass is 9.91. The summed E-state index contributed by atoms with van der Waals surface area (Å²) in [4.78, 5) is 8.13. The van der Waals surface area contributed by atoms with Gasteiger partial charge in [-0.25, -0.2) is 14.4 Å². The Morgan fingerprint density at radius 1 is 1.28 bits per heavy atom. The minimum absolute atomic E-state index is 0.123. The van der Waals surface area contributed by atoms with Crippen molar-refractivity contribution in [3.63, 3.8) is 0 Å². The van der Waals surface area contributed by atoms with Gasteiger partial charge in [-0.3, -0.25) is 0 Å². The molecule has 2 aliphatic rings. The number of hydrogen-bond donors (Lipinski definition) is 3. The molecule has 0 bridgehead atoms. The van der Waals surface area contributed by atoms with Crippen LogP contribution in [0.15, 0.2) is 47.6 Å². The van der Waals surface area contributed by atoms with Crippen molar-refractivity contribution in [2.45, 2.75) is 37.5 Å². The van der Waals surface area contributed by atoms with Gasteiger partial charge in [-0.2, -0.15) is 0 Å². The number of anilines is 1. The largest absolute Gasteiger partial charge is 0.390 e. The maximum Gasteiger partial charge on any atom is 0.152 e. The summed E-state index contributed by atoms with van der Waals surface area (Å²) in [5, 5.41) is 22.2. The monoisotopic (exact) mass is 394 g/mol. The summed E-state index contributed by atoms with van der Waals surface area (Å²) in [6.45, 7) is 3.58. The van der Waals surface area contributed by atoms with Gasteiger partial charge in [0.25, 0.3) is 0 Å². The fraction of sp³-hybridized carbons (Fsp3) is 0.364. The highest BCUT2D eigenvalue weighted by atomic mass is 19.1. The average molecular weight is 394 g/mol. The number of nitrogens with two attached hydrogens (primary N) is 1. The van der Waals surface area contributed by atoms with Gasteiger partial charge in [-0.15, -0.1) is 0 Å². The zero-order valence-electron chi connectivity index (χ0n) is 15.9. The first-order valence-corrected chi connectivity index (χ1v) is 9.79. The van der Waals surface area contributed by atoms with Crippen LogP contribution in [0.5, 0.6) is 0 Å². The van der Waals surface area contributed by atoms with Gasteiger partial charge in [0.2, 0.25) is 0 Å². The Hall–Kier alpha value is -2.77. The van der Waals surface area contributed by atoms with E-state index in [1.807, 2.05) is 29.0 Å². The Bertz CT molecular complexity index is 1110. The second-order valence-electron chi connectivity index (χ2n) is 8.25. The lowest BCUT2D eigenvalue weighted by molar-refractivity contribution is -0.0194. The molecule has 7 heteroatoms. The molecule has 0 amide bonds. The van der Waals surface area contributed by atoms with E-state index in [0.717, 1.165) is 6.42 Å². The first kappa shape index (κ1) is 18.3. The molecule has 5 atom stereocenters. The number of benzene rings is 1. The highest BCUT2D eigenvalue weighted by Crippen LogP contribution is 2.70. The zero-order chi connectivity index (χ0) is 20.3. The summed E-state index contributed by atoms with van der Waals surface area (Å²) in [7, 11) is 0. The SMILES string of the molecule is C=Nc1cccn1[C@H]1[C@H](O)[C@H](O)C2(CCc3ccc4ccc(N)nc4c3F)C[C@H]12. The number of aryl methyl sites for hydroxylation is 1. The summed E-state index contributed by atoms with van der Waals surface area (Å²) in [6, 6.07) is 10.5. The van der Waals surface area contributed by atoms with Crippen molar-refractivity contribution in [2.24, 2.45) is 16.3 Å². The highest BCUT2D eigenvalue weighted by molar-refractivity contribution is 5.81. The molecule has 6 nitrogen and oxygen atoms in total. The van der Waals surface area contributed by atoms with E-state index in [4.69, 9.17) is 5.73 Å². The molecule has 1 unspecified atom stereocenters. The Morgan fingerprint density at radius 2 is 2.07 bits per heavy atom. The number of hydrogen-bond acceptors (Lipinski definition) is 5. The number of aliphatic hydroxyl groups is 2. The van der Waals surface area contributed by atoms with Crippen LogP contribution in [-0.2, 0) is 6.42 Å². The second kappa shape index (κ2) is 6.37. The number of rotatable bonds is 5. The Kier molecular flexibility index (Phi) is 4.01. The molecule has 2 heterocycles. The molecule has 150 valence electrons. The number of nitrogens with zero attached hydrogens (tertiary/aromatic N) is 3. The first-order chi connectivity index (χ1) is 14.0. The van der Waals surface area contributed by atoms with E-state index in [1.165, 1.54) is 0 Å². The van der Waals surface area contributed by atoms with Crippen LogP contribution in [0.2, 0.25) is 0 Å². The zero-order valence-corrected chi connectivity index (χ0v) is 15.9. The maximum absolute atomic E-state index is 15.0. The maximum atomic E-state index is 15.0. The van der Waals surface area contributed by atoms with Crippen molar-refractivity contribution >= 4 is 29.3 Å². The summed E-state index contributed by atoms with van der Waals surface area (Å²) < 4.78 is 16.9. The number of pyridine rings is 1. The summed E-state index contributed by atoms with van der Waals surface area (Å²) in [6.07, 6.45) is 1.97. The van der Waals surface area contributed by atoms with Gasteiger partial charge in [-0.05, 0) is 61.7 Å². The predicted octanol–water partition coefficient (Wildman–Crippen LogP) is 3.01. The Labute approximate surface area is 167 Å². The van der Waals surface area contributed by atoms with Crippen LogP contribution in [0.4, 0.5) is 16.0 Å². The Balaban J connectivity index is 1.40. The fourth-order valence-electron chi connectivity index (χ4n) is 5.25. The van der Waals surface area contributed by atoms with Gasteiger partial charge in [0.05, 0.1) is 12.1 Å². The van der Waals surface area contributed by atoms with Gasteiger partial charge in [0, 0.05) is 17.0 Å². The number of halogens is 1. The number of nitrogen functional groups attached to an aromatic ring is 1. The molecule has 2 aromatic heterocycles. The van der Waals surface area contributed by atoms with E-state index in [2.05, 4.69) is 16.7 Å². The van der Waals surface area contributed by atoms with Crippen LogP contribution in [0, 0.1) is 17.2 Å². The third kappa shape index (κ3) is 2.61. The Morgan fingerprint density at radius 3 is 2.86 bits per heavy atom. The standard InChI is InChI=1S/C22H23FN4O2/c1-25-16-3-2-10-27(16)19-14-11-22(14,21(29)20(19)28)9-8-12-4-5-13-6-7-15(24)26-18(13)17(12)23/h2-7,10,14,19-21,28-29H,1,8-9,11H2,(H2,24,26)/t14-,19-,20+,21+,22?/m1/s1. The van der Waals surface area contributed by atoms with Crippen LogP contribution in [-0.4, -0.2) is 38.7 Å². The average Bonchev–Trinajstić information content (AvgIpc) is 3.16. The first-order valence-electron chi connectivity index (χ1n) is 9.79. The number of aromatic nitrogens is 2. The van der Waals surface area contributed by atoms with Crippen molar-refractivity contribution in [1.82, 2.24) is 9.55 Å². The molecule has 0 saturated heterocycles. The van der Waals surface area contributed by atoms with E-state index in [0.29, 0.717) is 29.6 Å². The molecule has 0 spiro atoms.